The molecule has 7 nitrogen and oxygen atoms in total. The van der Waals surface area contributed by atoms with Crippen molar-refractivity contribution in [2.24, 2.45) is 0 Å². The standard InChI is InChI=1S/C23H21FN2O5/c1-29-21-12-15(11-17(13-25)22(27)26-14-19-3-2-10-30-19)4-9-20(21)31-23(28)16-5-7-18(24)8-6-16/h4-9,11-12,19H,2-3,10,14H2,1H3,(H,26,27). The second-order valence-corrected chi connectivity index (χ2v) is 6.82. The van der Waals surface area contributed by atoms with E-state index in [1.54, 1.807) is 6.07 Å². The van der Waals surface area contributed by atoms with Crippen LogP contribution in [0.2, 0.25) is 0 Å². The summed E-state index contributed by atoms with van der Waals surface area (Å²) < 4.78 is 29.1. The van der Waals surface area contributed by atoms with Gasteiger partial charge in [0.05, 0.1) is 18.8 Å². The summed E-state index contributed by atoms with van der Waals surface area (Å²) in [7, 11) is 1.40. The van der Waals surface area contributed by atoms with Crippen LogP contribution in [0.4, 0.5) is 4.39 Å². The number of nitrogens with zero attached hydrogens (tertiary/aromatic N) is 1. The fraction of sp³-hybridized carbons (Fsp3) is 0.261. The first-order valence-corrected chi connectivity index (χ1v) is 9.67. The van der Waals surface area contributed by atoms with Crippen molar-refractivity contribution >= 4 is 18.0 Å². The van der Waals surface area contributed by atoms with E-state index in [1.807, 2.05) is 6.07 Å². The van der Waals surface area contributed by atoms with Gasteiger partial charge in [0.1, 0.15) is 17.5 Å². The minimum Gasteiger partial charge on any atom is -0.493 e. The van der Waals surface area contributed by atoms with E-state index >= 15 is 0 Å². The number of carbonyl (C=O) groups is 2. The topological polar surface area (TPSA) is 97.7 Å². The van der Waals surface area contributed by atoms with E-state index in [0.29, 0.717) is 18.7 Å². The molecule has 160 valence electrons. The van der Waals surface area contributed by atoms with Crippen molar-refractivity contribution in [3.05, 3.63) is 65.0 Å². The van der Waals surface area contributed by atoms with Gasteiger partial charge in [-0.2, -0.15) is 5.26 Å². The molecule has 31 heavy (non-hydrogen) atoms. The van der Waals surface area contributed by atoms with Gasteiger partial charge in [-0.25, -0.2) is 9.18 Å². The van der Waals surface area contributed by atoms with Gasteiger partial charge >= 0.3 is 5.97 Å². The molecule has 2 aromatic carbocycles. The van der Waals surface area contributed by atoms with Gasteiger partial charge in [-0.15, -0.1) is 0 Å². The number of amides is 1. The van der Waals surface area contributed by atoms with Crippen molar-refractivity contribution in [3.63, 3.8) is 0 Å². The van der Waals surface area contributed by atoms with Gasteiger partial charge in [-0.1, -0.05) is 6.07 Å². The van der Waals surface area contributed by atoms with Gasteiger partial charge in [0, 0.05) is 13.2 Å². The predicted octanol–water partition coefficient (Wildman–Crippen LogP) is 3.26. The van der Waals surface area contributed by atoms with Crippen molar-refractivity contribution in [2.45, 2.75) is 18.9 Å². The lowest BCUT2D eigenvalue weighted by atomic mass is 10.1. The van der Waals surface area contributed by atoms with E-state index in [-0.39, 0.29) is 28.7 Å². The SMILES string of the molecule is COc1cc(C=C(C#N)C(=O)NCC2CCCO2)ccc1OC(=O)c1ccc(F)cc1. The molecule has 1 N–H and O–H groups in total. The maximum absolute atomic E-state index is 13.0. The smallest absolute Gasteiger partial charge is 0.343 e. The molecule has 1 aliphatic rings. The molecule has 1 amide bonds. The van der Waals surface area contributed by atoms with E-state index in [1.165, 1.54) is 37.5 Å². The largest absolute Gasteiger partial charge is 0.493 e. The second-order valence-electron chi connectivity index (χ2n) is 6.82. The van der Waals surface area contributed by atoms with Crippen LogP contribution in [0, 0.1) is 17.1 Å². The van der Waals surface area contributed by atoms with Crippen LogP contribution in [0.1, 0.15) is 28.8 Å². The number of benzene rings is 2. The highest BCUT2D eigenvalue weighted by molar-refractivity contribution is 6.01. The Bertz CT molecular complexity index is 1020. The summed E-state index contributed by atoms with van der Waals surface area (Å²) in [5, 5.41) is 12.1. The minimum absolute atomic E-state index is 0.0286. The summed E-state index contributed by atoms with van der Waals surface area (Å²) in [6, 6.07) is 11.5. The van der Waals surface area contributed by atoms with E-state index in [2.05, 4.69) is 5.32 Å². The van der Waals surface area contributed by atoms with Crippen LogP contribution >= 0.6 is 0 Å². The summed E-state index contributed by atoms with van der Waals surface area (Å²) in [6.07, 6.45) is 3.22. The number of hydrogen-bond donors (Lipinski definition) is 1. The summed E-state index contributed by atoms with van der Waals surface area (Å²) in [5.41, 5.74) is 0.625. The number of hydrogen-bond acceptors (Lipinski definition) is 6. The zero-order chi connectivity index (χ0) is 22.2. The molecule has 0 aliphatic carbocycles. The van der Waals surface area contributed by atoms with Crippen LogP contribution in [0.25, 0.3) is 6.08 Å². The zero-order valence-corrected chi connectivity index (χ0v) is 16.9. The Balaban J connectivity index is 1.71. The van der Waals surface area contributed by atoms with Crippen LogP contribution in [0.3, 0.4) is 0 Å². The molecule has 1 saturated heterocycles. The minimum atomic E-state index is -0.673. The van der Waals surface area contributed by atoms with Crippen molar-refractivity contribution in [1.82, 2.24) is 5.32 Å². The molecule has 0 aromatic heterocycles. The Labute approximate surface area is 179 Å². The first kappa shape index (κ1) is 22.0. The van der Waals surface area contributed by atoms with Crippen LogP contribution < -0.4 is 14.8 Å². The molecule has 2 aromatic rings. The van der Waals surface area contributed by atoms with E-state index in [4.69, 9.17) is 14.2 Å². The number of rotatable bonds is 7. The van der Waals surface area contributed by atoms with E-state index in [0.717, 1.165) is 25.0 Å². The van der Waals surface area contributed by atoms with Crippen molar-refractivity contribution < 1.29 is 28.2 Å². The monoisotopic (exact) mass is 424 g/mol. The highest BCUT2D eigenvalue weighted by atomic mass is 19.1. The van der Waals surface area contributed by atoms with Crippen LogP contribution in [-0.2, 0) is 9.53 Å². The summed E-state index contributed by atoms with van der Waals surface area (Å²) >= 11 is 0. The average molecular weight is 424 g/mol. The fourth-order valence-electron chi connectivity index (χ4n) is 3.03. The molecule has 1 unspecified atom stereocenters. The van der Waals surface area contributed by atoms with Gasteiger partial charge in [0.2, 0.25) is 0 Å². The lowest BCUT2D eigenvalue weighted by Gasteiger charge is -2.11. The molecule has 3 rings (SSSR count). The molecule has 0 bridgehead atoms. The van der Waals surface area contributed by atoms with E-state index in [9.17, 15) is 19.2 Å². The maximum Gasteiger partial charge on any atom is 0.343 e. The zero-order valence-electron chi connectivity index (χ0n) is 16.9. The number of carbonyl (C=O) groups excluding carboxylic acids is 2. The summed E-state index contributed by atoms with van der Waals surface area (Å²) in [4.78, 5) is 24.6. The van der Waals surface area contributed by atoms with Crippen LogP contribution in [-0.4, -0.2) is 38.2 Å². The van der Waals surface area contributed by atoms with E-state index < -0.39 is 17.7 Å². The third kappa shape index (κ3) is 5.90. The third-order valence-corrected chi connectivity index (χ3v) is 4.66. The lowest BCUT2D eigenvalue weighted by Crippen LogP contribution is -2.32. The Morgan fingerprint density at radius 2 is 2.03 bits per heavy atom. The van der Waals surface area contributed by atoms with Gasteiger partial charge in [0.25, 0.3) is 5.91 Å². The predicted molar refractivity (Wildman–Crippen MR) is 110 cm³/mol. The number of halogens is 1. The average Bonchev–Trinajstić information content (AvgIpc) is 3.30. The molecule has 1 heterocycles. The maximum atomic E-state index is 13.0. The highest BCUT2D eigenvalue weighted by Gasteiger charge is 2.18. The Morgan fingerprint density at radius 1 is 1.26 bits per heavy atom. The third-order valence-electron chi connectivity index (χ3n) is 4.66. The van der Waals surface area contributed by atoms with Crippen molar-refractivity contribution in [3.8, 4) is 17.6 Å². The highest BCUT2D eigenvalue weighted by Crippen LogP contribution is 2.29. The fourth-order valence-corrected chi connectivity index (χ4v) is 3.03. The molecule has 0 radical (unpaired) electrons. The van der Waals surface area contributed by atoms with Crippen LogP contribution in [0.15, 0.2) is 48.0 Å². The van der Waals surface area contributed by atoms with Crippen molar-refractivity contribution in [1.29, 1.82) is 5.26 Å². The number of esters is 1. The Hall–Kier alpha value is -3.70. The number of ether oxygens (including phenoxy) is 3. The molecular weight excluding hydrogens is 403 g/mol. The first-order chi connectivity index (χ1) is 15.0. The van der Waals surface area contributed by atoms with Gasteiger partial charge in [-0.3, -0.25) is 4.79 Å². The quantitative estimate of drug-likeness (QED) is 0.317. The number of methoxy groups -OCH3 is 1. The normalized spacial score (nSPS) is 15.8. The van der Waals surface area contributed by atoms with Crippen LogP contribution in [0.5, 0.6) is 11.5 Å². The van der Waals surface area contributed by atoms with Gasteiger partial charge in [-0.05, 0) is 60.9 Å². The summed E-state index contributed by atoms with van der Waals surface area (Å²) in [5.74, 6) is -1.24. The summed E-state index contributed by atoms with van der Waals surface area (Å²) in [6.45, 7) is 1.03. The molecule has 1 atom stereocenters. The van der Waals surface area contributed by atoms with Crippen molar-refractivity contribution in [2.75, 3.05) is 20.3 Å². The van der Waals surface area contributed by atoms with Gasteiger partial charge in [0.15, 0.2) is 11.5 Å². The number of nitrogens with one attached hydrogen (secondary N) is 1. The molecule has 0 saturated carbocycles. The second kappa shape index (κ2) is 10.4. The molecular formula is C23H21FN2O5. The van der Waals surface area contributed by atoms with Gasteiger partial charge < -0.3 is 19.5 Å². The molecule has 1 fully saturated rings. The molecule has 0 spiro atoms. The first-order valence-electron chi connectivity index (χ1n) is 9.67. The lowest BCUT2D eigenvalue weighted by molar-refractivity contribution is -0.117. The molecule has 8 heteroatoms. The molecule has 1 aliphatic heterocycles. The number of nitriles is 1. The Morgan fingerprint density at radius 3 is 2.68 bits per heavy atom. The Kier molecular flexibility index (Phi) is 7.35.